The van der Waals surface area contributed by atoms with Gasteiger partial charge in [-0.05, 0) is 44.5 Å². The molecule has 0 bridgehead atoms. The number of imide groups is 1. The molecule has 2 amide bonds. The normalized spacial score (nSPS) is 20.4. The SMILES string of the molecule is Cn1c(=O)n(C2CCC(=O)NC2=O)c2cccc(C#CCOC3CCNCC3)c21. The number of imidazole rings is 1. The number of benzene rings is 1. The van der Waals surface area contributed by atoms with Crippen molar-refractivity contribution in [3.8, 4) is 11.8 Å². The number of ether oxygens (including phenoxy) is 1. The molecule has 0 aliphatic carbocycles. The smallest absolute Gasteiger partial charge is 0.329 e. The van der Waals surface area contributed by atoms with E-state index in [1.54, 1.807) is 13.1 Å². The number of carbonyl (C=O) groups excluding carboxylic acids is 2. The Hall–Kier alpha value is -2.89. The Kier molecular flexibility index (Phi) is 5.51. The average molecular weight is 396 g/mol. The Morgan fingerprint density at radius 1 is 1.17 bits per heavy atom. The molecular formula is C21H24N4O4. The van der Waals surface area contributed by atoms with Crippen molar-refractivity contribution >= 4 is 22.8 Å². The largest absolute Gasteiger partial charge is 0.365 e. The molecule has 2 saturated heterocycles. The van der Waals surface area contributed by atoms with Crippen molar-refractivity contribution in [3.05, 3.63) is 34.2 Å². The van der Waals surface area contributed by atoms with E-state index in [4.69, 9.17) is 4.74 Å². The highest BCUT2D eigenvalue weighted by Crippen LogP contribution is 2.24. The lowest BCUT2D eigenvalue weighted by molar-refractivity contribution is -0.135. The highest BCUT2D eigenvalue weighted by molar-refractivity contribution is 6.00. The van der Waals surface area contributed by atoms with Crippen LogP contribution in [0.3, 0.4) is 0 Å². The van der Waals surface area contributed by atoms with Crippen LogP contribution in [0.1, 0.15) is 37.3 Å². The van der Waals surface area contributed by atoms with Crippen LogP contribution in [0.2, 0.25) is 0 Å². The zero-order chi connectivity index (χ0) is 20.4. The molecule has 4 rings (SSSR count). The minimum Gasteiger partial charge on any atom is -0.365 e. The van der Waals surface area contributed by atoms with Crippen LogP contribution in [0.25, 0.3) is 11.0 Å². The molecule has 2 aromatic rings. The zero-order valence-electron chi connectivity index (χ0n) is 16.4. The third-order valence-electron chi connectivity index (χ3n) is 5.52. The Morgan fingerprint density at radius 3 is 2.72 bits per heavy atom. The number of fused-ring (bicyclic) bond motifs is 1. The lowest BCUT2D eigenvalue weighted by Crippen LogP contribution is -2.44. The molecule has 8 heteroatoms. The Labute approximate surface area is 168 Å². The van der Waals surface area contributed by atoms with Crippen LogP contribution in [-0.4, -0.2) is 46.7 Å². The third kappa shape index (κ3) is 3.84. The minimum absolute atomic E-state index is 0.215. The Bertz CT molecular complexity index is 1070. The van der Waals surface area contributed by atoms with Crippen LogP contribution < -0.4 is 16.3 Å². The maximum atomic E-state index is 12.9. The molecule has 29 heavy (non-hydrogen) atoms. The fourth-order valence-corrected chi connectivity index (χ4v) is 4.02. The number of aromatic nitrogens is 2. The second kappa shape index (κ2) is 8.23. The van der Waals surface area contributed by atoms with Gasteiger partial charge in [-0.3, -0.25) is 24.0 Å². The highest BCUT2D eigenvalue weighted by Gasteiger charge is 2.31. The topological polar surface area (TPSA) is 94.4 Å². The third-order valence-corrected chi connectivity index (χ3v) is 5.52. The van der Waals surface area contributed by atoms with E-state index >= 15 is 0 Å². The molecule has 0 spiro atoms. The summed E-state index contributed by atoms with van der Waals surface area (Å²) in [7, 11) is 1.67. The lowest BCUT2D eigenvalue weighted by Gasteiger charge is -2.21. The molecule has 0 saturated carbocycles. The summed E-state index contributed by atoms with van der Waals surface area (Å²) in [6, 6.07) is 4.78. The van der Waals surface area contributed by atoms with Gasteiger partial charge in [0.15, 0.2) is 0 Å². The molecule has 2 fully saturated rings. The molecule has 1 atom stereocenters. The van der Waals surface area contributed by atoms with Gasteiger partial charge in [-0.25, -0.2) is 4.79 Å². The highest BCUT2D eigenvalue weighted by atomic mass is 16.5. The van der Waals surface area contributed by atoms with Crippen LogP contribution in [0.4, 0.5) is 0 Å². The maximum absolute atomic E-state index is 12.9. The van der Waals surface area contributed by atoms with Gasteiger partial charge in [-0.2, -0.15) is 0 Å². The van der Waals surface area contributed by atoms with Crippen molar-refractivity contribution in [2.75, 3.05) is 19.7 Å². The second-order valence-corrected chi connectivity index (χ2v) is 7.41. The number of para-hydroxylation sites is 1. The van der Waals surface area contributed by atoms with Crippen molar-refractivity contribution in [2.24, 2.45) is 7.05 Å². The molecule has 0 radical (unpaired) electrons. The first kappa shape index (κ1) is 19.4. The molecular weight excluding hydrogens is 372 g/mol. The minimum atomic E-state index is -0.699. The number of rotatable bonds is 3. The number of carbonyl (C=O) groups is 2. The number of aryl methyl sites for hydroxylation is 1. The second-order valence-electron chi connectivity index (χ2n) is 7.41. The molecule has 2 N–H and O–H groups in total. The van der Waals surface area contributed by atoms with Crippen molar-refractivity contribution in [1.29, 1.82) is 0 Å². The first-order valence-corrected chi connectivity index (χ1v) is 9.91. The van der Waals surface area contributed by atoms with Gasteiger partial charge < -0.3 is 10.1 Å². The molecule has 1 aromatic heterocycles. The van der Waals surface area contributed by atoms with Crippen molar-refractivity contribution in [1.82, 2.24) is 19.8 Å². The number of hydrogen-bond donors (Lipinski definition) is 2. The van der Waals surface area contributed by atoms with Gasteiger partial charge in [0.2, 0.25) is 11.8 Å². The van der Waals surface area contributed by atoms with Gasteiger partial charge in [0, 0.05) is 13.5 Å². The lowest BCUT2D eigenvalue weighted by atomic mass is 10.1. The van der Waals surface area contributed by atoms with Gasteiger partial charge in [0.05, 0.1) is 22.7 Å². The molecule has 2 aliphatic rings. The molecule has 1 unspecified atom stereocenters. The van der Waals surface area contributed by atoms with Crippen LogP contribution in [0.5, 0.6) is 0 Å². The van der Waals surface area contributed by atoms with Gasteiger partial charge in [0.1, 0.15) is 12.6 Å². The Balaban J connectivity index is 1.62. The summed E-state index contributed by atoms with van der Waals surface area (Å²) in [6.45, 7) is 2.27. The summed E-state index contributed by atoms with van der Waals surface area (Å²) >= 11 is 0. The fourth-order valence-electron chi connectivity index (χ4n) is 4.02. The zero-order valence-corrected chi connectivity index (χ0v) is 16.4. The first-order chi connectivity index (χ1) is 14.1. The summed E-state index contributed by atoms with van der Waals surface area (Å²) in [5.41, 5.74) is 1.73. The van der Waals surface area contributed by atoms with E-state index in [-0.39, 0.29) is 24.1 Å². The number of amides is 2. The number of nitrogens with one attached hydrogen (secondary N) is 2. The summed E-state index contributed by atoms with van der Waals surface area (Å²) < 4.78 is 8.80. The summed E-state index contributed by atoms with van der Waals surface area (Å²) in [5.74, 6) is 5.41. The fraction of sp³-hybridized carbons (Fsp3) is 0.476. The van der Waals surface area contributed by atoms with E-state index < -0.39 is 11.9 Å². The van der Waals surface area contributed by atoms with Crippen molar-refractivity contribution in [3.63, 3.8) is 0 Å². The summed E-state index contributed by atoms with van der Waals surface area (Å²) in [5, 5.41) is 5.62. The number of piperidine rings is 2. The quantitative estimate of drug-likeness (QED) is 0.580. The summed E-state index contributed by atoms with van der Waals surface area (Å²) in [6.07, 6.45) is 2.73. The molecule has 3 heterocycles. The molecule has 1 aromatic carbocycles. The van der Waals surface area contributed by atoms with Gasteiger partial charge in [0.25, 0.3) is 0 Å². The van der Waals surface area contributed by atoms with Gasteiger partial charge >= 0.3 is 5.69 Å². The monoisotopic (exact) mass is 396 g/mol. The van der Waals surface area contributed by atoms with Gasteiger partial charge in [-0.15, -0.1) is 0 Å². The number of nitrogens with zero attached hydrogens (tertiary/aromatic N) is 2. The number of hydrogen-bond acceptors (Lipinski definition) is 5. The van der Waals surface area contributed by atoms with Crippen molar-refractivity contribution < 1.29 is 14.3 Å². The van der Waals surface area contributed by atoms with Crippen LogP contribution in [0.15, 0.2) is 23.0 Å². The molecule has 8 nitrogen and oxygen atoms in total. The van der Waals surface area contributed by atoms with E-state index in [0.29, 0.717) is 29.6 Å². The maximum Gasteiger partial charge on any atom is 0.329 e. The molecule has 2 aliphatic heterocycles. The van der Waals surface area contributed by atoms with Crippen LogP contribution >= 0.6 is 0 Å². The van der Waals surface area contributed by atoms with E-state index in [2.05, 4.69) is 22.5 Å². The predicted octanol–water partition coefficient (Wildman–Crippen LogP) is 0.438. The summed E-state index contributed by atoms with van der Waals surface area (Å²) in [4.78, 5) is 36.7. The average Bonchev–Trinajstić information content (AvgIpc) is 2.98. The van der Waals surface area contributed by atoms with Crippen LogP contribution in [-0.2, 0) is 21.4 Å². The standard InChI is InChI=1S/C21H24N4O4/c1-24-19-14(5-3-13-29-15-9-11-22-12-10-15)4-2-6-16(19)25(21(24)28)17-7-8-18(26)23-20(17)27/h2,4,6,15,17,22H,7-13H2,1H3,(H,23,26,27). The van der Waals surface area contributed by atoms with E-state index in [1.807, 2.05) is 12.1 Å². The van der Waals surface area contributed by atoms with Crippen LogP contribution in [0, 0.1) is 11.8 Å². The Morgan fingerprint density at radius 2 is 1.97 bits per heavy atom. The van der Waals surface area contributed by atoms with E-state index in [1.165, 1.54) is 9.13 Å². The van der Waals surface area contributed by atoms with E-state index in [0.717, 1.165) is 25.9 Å². The van der Waals surface area contributed by atoms with E-state index in [9.17, 15) is 14.4 Å². The van der Waals surface area contributed by atoms with Crippen molar-refractivity contribution in [2.45, 2.75) is 37.8 Å². The molecule has 152 valence electrons. The predicted molar refractivity (Wildman–Crippen MR) is 107 cm³/mol. The first-order valence-electron chi connectivity index (χ1n) is 9.91. The van der Waals surface area contributed by atoms with Gasteiger partial charge in [-0.1, -0.05) is 17.9 Å².